The highest BCUT2D eigenvalue weighted by molar-refractivity contribution is 6.09. The maximum Gasteiger partial charge on any atom is 0.255 e. The molecule has 170 valence electrons. The number of anilines is 1. The van der Waals surface area contributed by atoms with E-state index in [2.05, 4.69) is 10.6 Å². The second-order valence-electron chi connectivity index (χ2n) is 7.86. The van der Waals surface area contributed by atoms with Gasteiger partial charge in [0, 0.05) is 18.7 Å². The van der Waals surface area contributed by atoms with Crippen LogP contribution in [0.3, 0.4) is 0 Å². The van der Waals surface area contributed by atoms with Crippen molar-refractivity contribution in [3.8, 4) is 5.75 Å². The quantitative estimate of drug-likeness (QED) is 0.691. The Kier molecular flexibility index (Phi) is 7.83. The van der Waals surface area contributed by atoms with Crippen LogP contribution in [-0.4, -0.2) is 62.1 Å². The van der Waals surface area contributed by atoms with E-state index in [-0.39, 0.29) is 23.3 Å². The summed E-state index contributed by atoms with van der Waals surface area (Å²) in [5.41, 5.74) is 1.09. The van der Waals surface area contributed by atoms with Gasteiger partial charge in [0.1, 0.15) is 11.8 Å². The van der Waals surface area contributed by atoms with Crippen LogP contribution in [0.4, 0.5) is 5.69 Å². The largest absolute Gasteiger partial charge is 0.497 e. The zero-order valence-electron chi connectivity index (χ0n) is 18.6. The minimum atomic E-state index is -0.675. The summed E-state index contributed by atoms with van der Waals surface area (Å²) in [6.07, 6.45) is 0. The van der Waals surface area contributed by atoms with E-state index in [1.165, 1.54) is 0 Å². The summed E-state index contributed by atoms with van der Waals surface area (Å²) >= 11 is 0. The molecule has 1 fully saturated rings. The molecule has 3 amide bonds. The number of methoxy groups -OCH3 is 1. The molecule has 3 rings (SSSR count). The Balaban J connectivity index is 1.74. The van der Waals surface area contributed by atoms with Crippen molar-refractivity contribution >= 4 is 23.4 Å². The SMILES string of the molecule is COc1ccc(C(=O)Nc2ccccc2C(=O)N[C@@H](C(=O)N2CCOCC2)C(C)C)cc1. The third-order valence-electron chi connectivity index (χ3n) is 5.31. The first-order valence-electron chi connectivity index (χ1n) is 10.6. The first-order chi connectivity index (χ1) is 15.4. The molecule has 2 N–H and O–H groups in total. The fourth-order valence-electron chi connectivity index (χ4n) is 3.44. The van der Waals surface area contributed by atoms with E-state index in [1.54, 1.807) is 60.5 Å². The molecular formula is C24H29N3O5. The molecule has 1 atom stereocenters. The Labute approximate surface area is 187 Å². The molecular weight excluding hydrogens is 410 g/mol. The number of morpholine rings is 1. The van der Waals surface area contributed by atoms with Crippen LogP contribution < -0.4 is 15.4 Å². The zero-order valence-corrected chi connectivity index (χ0v) is 18.6. The van der Waals surface area contributed by atoms with Crippen molar-refractivity contribution in [1.29, 1.82) is 0 Å². The van der Waals surface area contributed by atoms with Gasteiger partial charge in [0.15, 0.2) is 0 Å². The van der Waals surface area contributed by atoms with Gasteiger partial charge < -0.3 is 25.0 Å². The van der Waals surface area contributed by atoms with Crippen molar-refractivity contribution in [2.75, 3.05) is 38.7 Å². The van der Waals surface area contributed by atoms with Gasteiger partial charge in [0.2, 0.25) is 5.91 Å². The summed E-state index contributed by atoms with van der Waals surface area (Å²) in [5, 5.41) is 5.65. The first kappa shape index (κ1) is 23.3. The number of carbonyl (C=O) groups is 3. The highest BCUT2D eigenvalue weighted by Gasteiger charge is 2.30. The van der Waals surface area contributed by atoms with E-state index in [0.717, 1.165) is 0 Å². The van der Waals surface area contributed by atoms with Crippen LogP contribution in [0.15, 0.2) is 48.5 Å². The number of hydrogen-bond acceptors (Lipinski definition) is 5. The molecule has 8 heteroatoms. The van der Waals surface area contributed by atoms with Crippen LogP contribution in [0.5, 0.6) is 5.75 Å². The lowest BCUT2D eigenvalue weighted by atomic mass is 10.0. The average molecular weight is 440 g/mol. The van der Waals surface area contributed by atoms with E-state index >= 15 is 0 Å². The van der Waals surface area contributed by atoms with Crippen LogP contribution in [0.1, 0.15) is 34.6 Å². The van der Waals surface area contributed by atoms with Gasteiger partial charge in [-0.2, -0.15) is 0 Å². The van der Waals surface area contributed by atoms with Crippen molar-refractivity contribution in [3.63, 3.8) is 0 Å². The number of nitrogens with one attached hydrogen (secondary N) is 2. The van der Waals surface area contributed by atoms with Crippen molar-refractivity contribution in [1.82, 2.24) is 10.2 Å². The van der Waals surface area contributed by atoms with E-state index in [4.69, 9.17) is 9.47 Å². The number of benzene rings is 2. The minimum Gasteiger partial charge on any atom is -0.497 e. The molecule has 32 heavy (non-hydrogen) atoms. The van der Waals surface area contributed by atoms with Crippen molar-refractivity contribution in [3.05, 3.63) is 59.7 Å². The minimum absolute atomic E-state index is 0.102. The topological polar surface area (TPSA) is 97.0 Å². The Morgan fingerprint density at radius 3 is 2.25 bits per heavy atom. The summed E-state index contributed by atoms with van der Waals surface area (Å²) in [4.78, 5) is 40.5. The number of para-hydroxylation sites is 1. The maximum atomic E-state index is 13.1. The van der Waals surface area contributed by atoms with E-state index in [1.807, 2.05) is 13.8 Å². The second kappa shape index (κ2) is 10.8. The number of carbonyl (C=O) groups excluding carboxylic acids is 3. The third-order valence-corrected chi connectivity index (χ3v) is 5.31. The summed E-state index contributed by atoms with van der Waals surface area (Å²) in [6.45, 7) is 5.77. The Bertz CT molecular complexity index is 952. The lowest BCUT2D eigenvalue weighted by Gasteiger charge is -2.32. The fourth-order valence-corrected chi connectivity index (χ4v) is 3.44. The number of nitrogens with zero attached hydrogens (tertiary/aromatic N) is 1. The van der Waals surface area contributed by atoms with Gasteiger partial charge >= 0.3 is 0 Å². The van der Waals surface area contributed by atoms with Crippen molar-refractivity contribution in [2.45, 2.75) is 19.9 Å². The molecule has 2 aromatic rings. The van der Waals surface area contributed by atoms with Gasteiger partial charge in [-0.15, -0.1) is 0 Å². The molecule has 0 bridgehead atoms. The molecule has 1 saturated heterocycles. The molecule has 1 heterocycles. The smallest absolute Gasteiger partial charge is 0.255 e. The van der Waals surface area contributed by atoms with Gasteiger partial charge in [0.25, 0.3) is 11.8 Å². The number of ether oxygens (including phenoxy) is 2. The molecule has 8 nitrogen and oxygen atoms in total. The van der Waals surface area contributed by atoms with Crippen LogP contribution in [0.2, 0.25) is 0 Å². The zero-order chi connectivity index (χ0) is 23.1. The van der Waals surface area contributed by atoms with E-state index in [0.29, 0.717) is 43.3 Å². The summed E-state index contributed by atoms with van der Waals surface area (Å²) < 4.78 is 10.4. The van der Waals surface area contributed by atoms with Gasteiger partial charge in [-0.3, -0.25) is 14.4 Å². The number of amides is 3. The van der Waals surface area contributed by atoms with Crippen LogP contribution >= 0.6 is 0 Å². The normalized spacial score (nSPS) is 14.6. The van der Waals surface area contributed by atoms with Crippen molar-refractivity contribution < 1.29 is 23.9 Å². The molecule has 0 spiro atoms. The van der Waals surface area contributed by atoms with Crippen LogP contribution in [0, 0.1) is 5.92 Å². The van der Waals surface area contributed by atoms with Gasteiger partial charge in [0.05, 0.1) is 31.6 Å². The van der Waals surface area contributed by atoms with E-state index < -0.39 is 11.9 Å². The molecule has 0 aromatic heterocycles. The summed E-state index contributed by atoms with van der Waals surface area (Å²) in [7, 11) is 1.55. The van der Waals surface area contributed by atoms with Gasteiger partial charge in [-0.25, -0.2) is 0 Å². The second-order valence-corrected chi connectivity index (χ2v) is 7.86. The maximum absolute atomic E-state index is 13.1. The predicted octanol–water partition coefficient (Wildman–Crippen LogP) is 2.56. The monoisotopic (exact) mass is 439 g/mol. The molecule has 0 unspecified atom stereocenters. The van der Waals surface area contributed by atoms with Crippen LogP contribution in [0.25, 0.3) is 0 Å². The summed E-state index contributed by atoms with van der Waals surface area (Å²) in [5.74, 6) is -0.355. The number of hydrogen-bond donors (Lipinski definition) is 2. The summed E-state index contributed by atoms with van der Waals surface area (Å²) in [6, 6.07) is 12.7. The number of rotatable bonds is 7. The molecule has 0 saturated carbocycles. The van der Waals surface area contributed by atoms with Crippen molar-refractivity contribution in [2.24, 2.45) is 5.92 Å². The highest BCUT2D eigenvalue weighted by Crippen LogP contribution is 2.19. The molecule has 1 aliphatic heterocycles. The lowest BCUT2D eigenvalue weighted by Crippen LogP contribution is -2.53. The molecule has 0 radical (unpaired) electrons. The van der Waals surface area contributed by atoms with Gasteiger partial charge in [-0.1, -0.05) is 26.0 Å². The predicted molar refractivity (Wildman–Crippen MR) is 121 cm³/mol. The highest BCUT2D eigenvalue weighted by atomic mass is 16.5. The van der Waals surface area contributed by atoms with Gasteiger partial charge in [-0.05, 0) is 42.3 Å². The molecule has 1 aliphatic rings. The fraction of sp³-hybridized carbons (Fsp3) is 0.375. The Morgan fingerprint density at radius 2 is 1.62 bits per heavy atom. The third kappa shape index (κ3) is 5.64. The standard InChI is InChI=1S/C24H29N3O5/c1-16(2)21(24(30)27-12-14-32-15-13-27)26-23(29)19-6-4-5-7-20(19)25-22(28)17-8-10-18(31-3)11-9-17/h4-11,16,21H,12-15H2,1-3H3,(H,25,28)(H,26,29)/t21-/m1/s1. The van der Waals surface area contributed by atoms with Crippen LogP contribution in [-0.2, 0) is 9.53 Å². The van der Waals surface area contributed by atoms with E-state index in [9.17, 15) is 14.4 Å². The molecule has 2 aromatic carbocycles. The lowest BCUT2D eigenvalue weighted by molar-refractivity contribution is -0.138. The molecule has 0 aliphatic carbocycles. The Morgan fingerprint density at radius 1 is 0.969 bits per heavy atom. The first-order valence-corrected chi connectivity index (χ1v) is 10.6. The average Bonchev–Trinajstić information content (AvgIpc) is 2.82. The Hall–Kier alpha value is -3.39.